The van der Waals surface area contributed by atoms with E-state index in [0.717, 1.165) is 22.4 Å². The van der Waals surface area contributed by atoms with Gasteiger partial charge in [0.2, 0.25) is 0 Å². The number of aromatic nitrogens is 2. The van der Waals surface area contributed by atoms with Gasteiger partial charge in [-0.1, -0.05) is 60.2 Å². The first-order valence-corrected chi connectivity index (χ1v) is 6.29. The summed E-state index contributed by atoms with van der Waals surface area (Å²) < 4.78 is 0. The average molecular weight is 246 g/mol. The van der Waals surface area contributed by atoms with Crippen LogP contribution in [0.4, 0.5) is 0 Å². The predicted molar refractivity (Wildman–Crippen MR) is 77.6 cm³/mol. The molecule has 0 saturated carbocycles. The summed E-state index contributed by atoms with van der Waals surface area (Å²) in [4.78, 5) is 0. The molecule has 0 aliphatic rings. The first-order valence-electron chi connectivity index (χ1n) is 6.29. The van der Waals surface area contributed by atoms with Gasteiger partial charge in [-0.05, 0) is 18.6 Å². The third-order valence-corrected chi connectivity index (χ3v) is 3.13. The Morgan fingerprint density at radius 3 is 2.21 bits per heavy atom. The first-order chi connectivity index (χ1) is 9.34. The van der Waals surface area contributed by atoms with Crippen LogP contribution in [0.25, 0.3) is 22.4 Å². The number of hydrogen-bond donors (Lipinski definition) is 0. The van der Waals surface area contributed by atoms with Crippen molar-refractivity contribution < 1.29 is 0 Å². The summed E-state index contributed by atoms with van der Waals surface area (Å²) in [7, 11) is 0. The number of hydrogen-bond acceptors (Lipinski definition) is 2. The van der Waals surface area contributed by atoms with Crippen LogP contribution in [0.3, 0.4) is 0 Å². The molecule has 3 rings (SSSR count). The zero-order valence-electron chi connectivity index (χ0n) is 10.7. The monoisotopic (exact) mass is 246 g/mol. The summed E-state index contributed by atoms with van der Waals surface area (Å²) in [5.41, 5.74) is 5.53. The summed E-state index contributed by atoms with van der Waals surface area (Å²) in [6.07, 6.45) is 1.74. The Labute approximate surface area is 112 Å². The molecule has 0 unspecified atom stereocenters. The van der Waals surface area contributed by atoms with Gasteiger partial charge in [0.15, 0.2) is 0 Å². The Morgan fingerprint density at radius 1 is 0.737 bits per heavy atom. The van der Waals surface area contributed by atoms with Crippen LogP contribution in [0.15, 0.2) is 66.9 Å². The molecule has 0 bridgehead atoms. The maximum absolute atomic E-state index is 4.30. The van der Waals surface area contributed by atoms with Crippen molar-refractivity contribution in [3.63, 3.8) is 0 Å². The summed E-state index contributed by atoms with van der Waals surface area (Å²) in [6.45, 7) is 2.08. The van der Waals surface area contributed by atoms with Crippen molar-refractivity contribution in [2.24, 2.45) is 0 Å². The SMILES string of the molecule is Cc1ccc(-c2nnccc2-c2ccccc2)cc1. The van der Waals surface area contributed by atoms with E-state index in [1.165, 1.54) is 5.56 Å². The molecule has 3 aromatic rings. The van der Waals surface area contributed by atoms with Crippen LogP contribution >= 0.6 is 0 Å². The zero-order chi connectivity index (χ0) is 13.1. The van der Waals surface area contributed by atoms with E-state index in [1.54, 1.807) is 6.20 Å². The van der Waals surface area contributed by atoms with Gasteiger partial charge in [-0.25, -0.2) is 0 Å². The first kappa shape index (κ1) is 11.6. The third kappa shape index (κ3) is 2.38. The van der Waals surface area contributed by atoms with Crippen molar-refractivity contribution in [1.29, 1.82) is 0 Å². The van der Waals surface area contributed by atoms with Gasteiger partial charge in [-0.2, -0.15) is 5.10 Å². The highest BCUT2D eigenvalue weighted by molar-refractivity contribution is 5.80. The number of benzene rings is 2. The van der Waals surface area contributed by atoms with Gasteiger partial charge in [-0.15, -0.1) is 5.10 Å². The van der Waals surface area contributed by atoms with Crippen LogP contribution in [0, 0.1) is 6.92 Å². The normalized spacial score (nSPS) is 10.4. The van der Waals surface area contributed by atoms with Crippen molar-refractivity contribution in [3.8, 4) is 22.4 Å². The lowest BCUT2D eigenvalue weighted by molar-refractivity contribution is 1.04. The van der Waals surface area contributed by atoms with E-state index in [4.69, 9.17) is 0 Å². The van der Waals surface area contributed by atoms with Gasteiger partial charge in [0.25, 0.3) is 0 Å². The highest BCUT2D eigenvalue weighted by Crippen LogP contribution is 2.29. The van der Waals surface area contributed by atoms with Crippen LogP contribution in [0.2, 0.25) is 0 Å². The molecule has 0 aliphatic heterocycles. The molecule has 0 N–H and O–H groups in total. The molecule has 2 aromatic carbocycles. The van der Waals surface area contributed by atoms with Gasteiger partial charge in [0.05, 0.1) is 6.20 Å². The molecule has 0 aliphatic carbocycles. The molecular formula is C17H14N2. The molecule has 2 heteroatoms. The van der Waals surface area contributed by atoms with E-state index in [1.807, 2.05) is 24.3 Å². The second-order valence-corrected chi connectivity index (χ2v) is 4.53. The average Bonchev–Trinajstić information content (AvgIpc) is 2.49. The molecule has 1 heterocycles. The van der Waals surface area contributed by atoms with Gasteiger partial charge < -0.3 is 0 Å². The standard InChI is InChI=1S/C17H14N2/c1-13-7-9-15(10-8-13)17-16(11-12-18-19-17)14-5-3-2-4-6-14/h2-12H,1H3. The number of aryl methyl sites for hydroxylation is 1. The van der Waals surface area contributed by atoms with Crippen LogP contribution in [0.1, 0.15) is 5.56 Å². The van der Waals surface area contributed by atoms with E-state index in [2.05, 4.69) is 53.5 Å². The van der Waals surface area contributed by atoms with E-state index in [0.29, 0.717) is 0 Å². The number of nitrogens with zero attached hydrogens (tertiary/aromatic N) is 2. The van der Waals surface area contributed by atoms with Crippen molar-refractivity contribution in [3.05, 3.63) is 72.4 Å². The van der Waals surface area contributed by atoms with Crippen molar-refractivity contribution in [2.75, 3.05) is 0 Å². The van der Waals surface area contributed by atoms with Crippen molar-refractivity contribution >= 4 is 0 Å². The minimum Gasteiger partial charge on any atom is -0.158 e. The van der Waals surface area contributed by atoms with E-state index in [-0.39, 0.29) is 0 Å². The Balaban J connectivity index is 2.15. The Hall–Kier alpha value is -2.48. The minimum atomic E-state index is 0.925. The molecule has 0 radical (unpaired) electrons. The van der Waals surface area contributed by atoms with E-state index in [9.17, 15) is 0 Å². The summed E-state index contributed by atoms with van der Waals surface area (Å²) in [5.74, 6) is 0. The predicted octanol–water partition coefficient (Wildman–Crippen LogP) is 4.12. The quantitative estimate of drug-likeness (QED) is 0.679. The van der Waals surface area contributed by atoms with E-state index >= 15 is 0 Å². The molecule has 0 saturated heterocycles. The fraction of sp³-hybridized carbons (Fsp3) is 0.0588. The van der Waals surface area contributed by atoms with Crippen molar-refractivity contribution in [2.45, 2.75) is 6.92 Å². The Morgan fingerprint density at radius 2 is 1.47 bits per heavy atom. The lowest BCUT2D eigenvalue weighted by atomic mass is 10.00. The van der Waals surface area contributed by atoms with Crippen LogP contribution in [0.5, 0.6) is 0 Å². The molecule has 0 fully saturated rings. The van der Waals surface area contributed by atoms with Gasteiger partial charge in [0, 0.05) is 11.1 Å². The van der Waals surface area contributed by atoms with Crippen LogP contribution in [-0.4, -0.2) is 10.2 Å². The lowest BCUT2D eigenvalue weighted by Crippen LogP contribution is -1.91. The number of rotatable bonds is 2. The van der Waals surface area contributed by atoms with Crippen LogP contribution < -0.4 is 0 Å². The molecule has 0 atom stereocenters. The molecule has 92 valence electrons. The maximum atomic E-state index is 4.30. The molecule has 1 aromatic heterocycles. The topological polar surface area (TPSA) is 25.8 Å². The highest BCUT2D eigenvalue weighted by atomic mass is 15.1. The molecular weight excluding hydrogens is 232 g/mol. The highest BCUT2D eigenvalue weighted by Gasteiger charge is 2.08. The molecule has 2 nitrogen and oxygen atoms in total. The van der Waals surface area contributed by atoms with Gasteiger partial charge in [0.1, 0.15) is 5.69 Å². The fourth-order valence-electron chi connectivity index (χ4n) is 2.11. The zero-order valence-corrected chi connectivity index (χ0v) is 10.7. The summed E-state index contributed by atoms with van der Waals surface area (Å²) in [6, 6.07) is 20.7. The van der Waals surface area contributed by atoms with Crippen LogP contribution in [-0.2, 0) is 0 Å². The Kier molecular flexibility index (Phi) is 3.07. The summed E-state index contributed by atoms with van der Waals surface area (Å²) >= 11 is 0. The molecule has 0 spiro atoms. The summed E-state index contributed by atoms with van der Waals surface area (Å²) in [5, 5.41) is 8.32. The maximum Gasteiger partial charge on any atom is 0.101 e. The van der Waals surface area contributed by atoms with Gasteiger partial charge >= 0.3 is 0 Å². The van der Waals surface area contributed by atoms with Gasteiger partial charge in [-0.3, -0.25) is 0 Å². The third-order valence-electron chi connectivity index (χ3n) is 3.13. The smallest absolute Gasteiger partial charge is 0.101 e. The lowest BCUT2D eigenvalue weighted by Gasteiger charge is -2.08. The fourth-order valence-corrected chi connectivity index (χ4v) is 2.11. The molecule has 0 amide bonds. The minimum absolute atomic E-state index is 0.925. The van der Waals surface area contributed by atoms with Crippen molar-refractivity contribution in [1.82, 2.24) is 10.2 Å². The second-order valence-electron chi connectivity index (χ2n) is 4.53. The van der Waals surface area contributed by atoms with E-state index < -0.39 is 0 Å². The Bertz CT molecular complexity index is 673. The second kappa shape index (κ2) is 5.02. The largest absolute Gasteiger partial charge is 0.158 e. The molecule has 19 heavy (non-hydrogen) atoms.